The number of hydrogen-bond acceptors (Lipinski definition) is 9. The van der Waals surface area contributed by atoms with E-state index in [4.69, 9.17) is 14.5 Å². The van der Waals surface area contributed by atoms with Gasteiger partial charge in [0.2, 0.25) is 11.9 Å². The summed E-state index contributed by atoms with van der Waals surface area (Å²) in [6, 6.07) is 11.5. The van der Waals surface area contributed by atoms with Crippen LogP contribution >= 0.6 is 0 Å². The Morgan fingerprint density at radius 1 is 1.06 bits per heavy atom. The molecular formula is C36H41N7O4. The highest BCUT2D eigenvalue weighted by Gasteiger charge is 2.23. The number of nitrogens with zero attached hydrogens (tertiary/aromatic N) is 5. The van der Waals surface area contributed by atoms with Gasteiger partial charge in [-0.25, -0.2) is 14.8 Å². The first-order chi connectivity index (χ1) is 22.6. The molecule has 2 aromatic heterocycles. The minimum Gasteiger partial charge on any atom is -0.494 e. The molecule has 0 bridgehead atoms. The fourth-order valence-corrected chi connectivity index (χ4v) is 4.86. The predicted octanol–water partition coefficient (Wildman–Crippen LogP) is 6.31. The third-order valence-corrected chi connectivity index (χ3v) is 7.29. The van der Waals surface area contributed by atoms with Crippen molar-refractivity contribution in [2.45, 2.75) is 6.92 Å². The molecule has 0 unspecified atom stereocenters. The molecule has 2 N–H and O–H groups in total. The van der Waals surface area contributed by atoms with E-state index in [1.165, 1.54) is 12.3 Å². The van der Waals surface area contributed by atoms with Gasteiger partial charge >= 0.3 is 5.97 Å². The van der Waals surface area contributed by atoms with Crippen molar-refractivity contribution in [2.75, 3.05) is 56.9 Å². The van der Waals surface area contributed by atoms with E-state index in [0.717, 1.165) is 28.7 Å². The van der Waals surface area contributed by atoms with Crippen LogP contribution in [0, 0.1) is 0 Å². The van der Waals surface area contributed by atoms with Gasteiger partial charge in [-0.2, -0.15) is 0 Å². The molecule has 0 spiro atoms. The summed E-state index contributed by atoms with van der Waals surface area (Å²) in [4.78, 5) is 39.3. The highest BCUT2D eigenvalue weighted by Crippen LogP contribution is 2.39. The Bertz CT molecular complexity index is 1860. The van der Waals surface area contributed by atoms with Gasteiger partial charge in [0, 0.05) is 62.1 Å². The van der Waals surface area contributed by atoms with E-state index in [1.54, 1.807) is 44.4 Å². The molecule has 11 nitrogen and oxygen atoms in total. The number of nitrogens with one attached hydrogen (secondary N) is 2. The number of methoxy groups -OCH3 is 1. The highest BCUT2D eigenvalue weighted by atomic mass is 16.5. The quantitative estimate of drug-likeness (QED) is 0.0712. The standard InChI is InChI=1S/C36H41N7O4/c1-9-11-12-15-24(3)47-35(45)26-22-37-36(40-34(26)27-23-43(7)30-17-14-13-16-25(27)30)39-29-20-28(38-33(44)10-2)31(21-32(29)46-8)42(6)19-18-41(4)5/h9-17,20-23H,1-2,18-19H2,3-8H3,(H,38,44)(H,37,39,40)/b12-11-,24-15+. The van der Waals surface area contributed by atoms with Crippen LogP contribution in [0.2, 0.25) is 0 Å². The molecule has 47 heavy (non-hydrogen) atoms. The van der Waals surface area contributed by atoms with Gasteiger partial charge in [-0.15, -0.1) is 0 Å². The fraction of sp³-hybridized carbons (Fsp3) is 0.222. The molecule has 2 heterocycles. The minimum atomic E-state index is -0.600. The molecule has 244 valence electrons. The zero-order valence-electron chi connectivity index (χ0n) is 27.7. The second-order valence-electron chi connectivity index (χ2n) is 11.0. The first kappa shape index (κ1) is 34.2. The summed E-state index contributed by atoms with van der Waals surface area (Å²) >= 11 is 0. The van der Waals surface area contributed by atoms with Gasteiger partial charge < -0.3 is 34.5 Å². The van der Waals surface area contributed by atoms with E-state index in [9.17, 15) is 9.59 Å². The number of anilines is 4. The number of amides is 1. The third-order valence-electron chi connectivity index (χ3n) is 7.29. The predicted molar refractivity (Wildman–Crippen MR) is 189 cm³/mol. The molecule has 0 aliphatic carbocycles. The maximum absolute atomic E-state index is 13.5. The second kappa shape index (κ2) is 15.5. The number of likely N-dealkylation sites (N-methyl/N-ethyl adjacent to an activating group) is 2. The number of esters is 1. The lowest BCUT2D eigenvalue weighted by atomic mass is 10.1. The lowest BCUT2D eigenvalue weighted by Crippen LogP contribution is -2.29. The number of carbonyl (C=O) groups excluding carboxylic acids is 2. The van der Waals surface area contributed by atoms with Crippen LogP contribution in [0.3, 0.4) is 0 Å². The number of rotatable bonds is 14. The monoisotopic (exact) mass is 635 g/mol. The molecule has 1 amide bonds. The Labute approximate surface area is 275 Å². The summed E-state index contributed by atoms with van der Waals surface area (Å²) in [6.07, 6.45) is 11.3. The van der Waals surface area contributed by atoms with E-state index in [1.807, 2.05) is 74.2 Å². The van der Waals surface area contributed by atoms with Crippen molar-refractivity contribution in [1.82, 2.24) is 19.4 Å². The highest BCUT2D eigenvalue weighted by molar-refractivity contribution is 6.04. The molecule has 0 aliphatic rings. The van der Waals surface area contributed by atoms with Crippen molar-refractivity contribution in [3.05, 3.63) is 104 Å². The number of para-hydroxylation sites is 1. The van der Waals surface area contributed by atoms with Crippen LogP contribution in [0.25, 0.3) is 22.2 Å². The first-order valence-corrected chi connectivity index (χ1v) is 14.9. The molecule has 0 atom stereocenters. The molecule has 0 saturated carbocycles. The normalized spacial score (nSPS) is 11.5. The van der Waals surface area contributed by atoms with Crippen LogP contribution in [0.15, 0.2) is 98.1 Å². The van der Waals surface area contributed by atoms with Crippen molar-refractivity contribution in [3.8, 4) is 17.0 Å². The summed E-state index contributed by atoms with van der Waals surface area (Å²) in [7, 11) is 9.44. The summed E-state index contributed by atoms with van der Waals surface area (Å²) < 4.78 is 13.4. The summed E-state index contributed by atoms with van der Waals surface area (Å²) in [5, 5.41) is 7.05. The average Bonchev–Trinajstić information content (AvgIpc) is 3.39. The first-order valence-electron chi connectivity index (χ1n) is 14.9. The molecule has 4 aromatic rings. The average molecular weight is 636 g/mol. The van der Waals surface area contributed by atoms with Crippen molar-refractivity contribution >= 4 is 45.8 Å². The smallest absolute Gasteiger partial charge is 0.347 e. The minimum absolute atomic E-state index is 0.191. The molecule has 4 rings (SSSR count). The molecule has 0 saturated heterocycles. The number of carbonyl (C=O) groups is 2. The fourth-order valence-electron chi connectivity index (χ4n) is 4.86. The van der Waals surface area contributed by atoms with Crippen LogP contribution in [0.4, 0.5) is 23.0 Å². The maximum Gasteiger partial charge on any atom is 0.347 e. The molecular weight excluding hydrogens is 594 g/mol. The third kappa shape index (κ3) is 8.33. The number of benzene rings is 2. The number of hydrogen-bond donors (Lipinski definition) is 2. The van der Waals surface area contributed by atoms with Crippen molar-refractivity contribution < 1.29 is 19.1 Å². The molecule has 11 heteroatoms. The Hall–Kier alpha value is -5.68. The molecule has 2 aromatic carbocycles. The Kier molecular flexibility index (Phi) is 11.3. The number of allylic oxidation sites excluding steroid dienone is 5. The van der Waals surface area contributed by atoms with E-state index < -0.39 is 5.97 Å². The van der Waals surface area contributed by atoms with Gasteiger partial charge in [0.1, 0.15) is 17.1 Å². The number of aryl methyl sites for hydroxylation is 1. The zero-order chi connectivity index (χ0) is 34.1. The zero-order valence-corrected chi connectivity index (χ0v) is 27.7. The topological polar surface area (TPSA) is 114 Å². The molecule has 0 aliphatic heterocycles. The van der Waals surface area contributed by atoms with E-state index in [2.05, 4.69) is 33.7 Å². The van der Waals surface area contributed by atoms with Crippen molar-refractivity contribution in [3.63, 3.8) is 0 Å². The van der Waals surface area contributed by atoms with Crippen LogP contribution in [-0.2, 0) is 16.6 Å². The van der Waals surface area contributed by atoms with Gasteiger partial charge in [0.25, 0.3) is 0 Å². The van der Waals surface area contributed by atoms with Crippen LogP contribution in [-0.4, -0.2) is 72.7 Å². The lowest BCUT2D eigenvalue weighted by Gasteiger charge is -2.26. The molecule has 0 fully saturated rings. The van der Waals surface area contributed by atoms with Crippen molar-refractivity contribution in [1.29, 1.82) is 0 Å². The van der Waals surface area contributed by atoms with Gasteiger partial charge in [-0.05, 0) is 45.3 Å². The Balaban J connectivity index is 1.81. The Morgan fingerprint density at radius 3 is 2.53 bits per heavy atom. The Morgan fingerprint density at radius 2 is 1.83 bits per heavy atom. The summed E-state index contributed by atoms with van der Waals surface area (Å²) in [5.41, 5.74) is 4.09. The van der Waals surface area contributed by atoms with Crippen LogP contribution in [0.5, 0.6) is 5.75 Å². The van der Waals surface area contributed by atoms with Gasteiger partial charge in [-0.1, -0.05) is 49.6 Å². The molecule has 0 radical (unpaired) electrons. The number of fused-ring (bicyclic) bond motifs is 1. The van der Waals surface area contributed by atoms with E-state index >= 15 is 0 Å². The lowest BCUT2D eigenvalue weighted by molar-refractivity contribution is -0.111. The van der Waals surface area contributed by atoms with Crippen molar-refractivity contribution in [2.24, 2.45) is 7.05 Å². The van der Waals surface area contributed by atoms with Gasteiger partial charge in [-0.3, -0.25) is 4.79 Å². The van der Waals surface area contributed by atoms with E-state index in [-0.39, 0.29) is 17.4 Å². The second-order valence-corrected chi connectivity index (χ2v) is 11.0. The maximum atomic E-state index is 13.5. The summed E-state index contributed by atoms with van der Waals surface area (Å²) in [6.45, 7) is 10.4. The van der Waals surface area contributed by atoms with Crippen LogP contribution in [0.1, 0.15) is 17.3 Å². The van der Waals surface area contributed by atoms with Crippen LogP contribution < -0.4 is 20.3 Å². The van der Waals surface area contributed by atoms with Gasteiger partial charge in [0.15, 0.2) is 0 Å². The largest absolute Gasteiger partial charge is 0.494 e. The number of aromatic nitrogens is 3. The summed E-state index contributed by atoms with van der Waals surface area (Å²) in [5.74, 6) is 0.148. The number of ether oxygens (including phenoxy) is 2. The SMILES string of the molecule is C=C/C=C\C=C(/C)OC(=O)c1cnc(Nc2cc(NC(=O)C=C)c(N(C)CCN(C)C)cc2OC)nc1-c1cn(C)c2ccccc12. The van der Waals surface area contributed by atoms with Gasteiger partial charge in [0.05, 0.1) is 29.9 Å². The van der Waals surface area contributed by atoms with E-state index in [0.29, 0.717) is 35.1 Å².